The van der Waals surface area contributed by atoms with E-state index in [1.807, 2.05) is 13.8 Å². The van der Waals surface area contributed by atoms with E-state index in [2.05, 4.69) is 5.32 Å². The molecular weight excluding hydrogens is 290 g/mol. The number of nitrogens with one attached hydrogen (secondary N) is 1. The molecule has 0 aromatic rings. The van der Waals surface area contributed by atoms with Gasteiger partial charge in [-0.2, -0.15) is 0 Å². The van der Waals surface area contributed by atoms with Crippen LogP contribution in [0.15, 0.2) is 11.3 Å². The van der Waals surface area contributed by atoms with Crippen LogP contribution >= 0.6 is 0 Å². The molecule has 1 aliphatic rings. The molecule has 0 radical (unpaired) electrons. The Hall–Kier alpha value is -1.60. The fraction of sp³-hybridized carbons (Fsp3) is 0.733. The first-order chi connectivity index (χ1) is 10.3. The summed E-state index contributed by atoms with van der Waals surface area (Å²) in [5, 5.41) is 2.76. The van der Waals surface area contributed by atoms with Crippen LogP contribution in [-0.4, -0.2) is 44.2 Å². The van der Waals surface area contributed by atoms with Gasteiger partial charge in [-0.1, -0.05) is 6.92 Å². The number of carbonyl (C=O) groups excluding carboxylic acids is 2. The number of rotatable bonds is 6. The highest BCUT2D eigenvalue weighted by atomic mass is 16.9. The molecule has 1 aliphatic heterocycles. The van der Waals surface area contributed by atoms with Crippen molar-refractivity contribution in [1.82, 2.24) is 5.32 Å². The summed E-state index contributed by atoms with van der Waals surface area (Å²) in [4.78, 5) is 23.6. The third-order valence-electron chi connectivity index (χ3n) is 3.50. The first kappa shape index (κ1) is 18.4. The normalized spacial score (nSPS) is 23.7. The average molecular weight is 315 g/mol. The van der Waals surface area contributed by atoms with Gasteiger partial charge in [-0.25, -0.2) is 4.79 Å². The van der Waals surface area contributed by atoms with E-state index in [0.29, 0.717) is 19.0 Å². The lowest BCUT2D eigenvalue weighted by molar-refractivity contribution is -0.394. The minimum Gasteiger partial charge on any atom is -0.466 e. The average Bonchev–Trinajstić information content (AvgIpc) is 2.44. The van der Waals surface area contributed by atoms with Gasteiger partial charge in [0.15, 0.2) is 0 Å². The standard InChI is InChI=1S/C15H25NO6/c1-7-20-15(21-8-2)9(3)13(16-11(5)17)12(10(4)22-15)14(18)19-6/h9,13H,7-8H2,1-6H3,(H,16,17)/t9-,13+/m1/s1. The Morgan fingerprint density at radius 1 is 1.27 bits per heavy atom. The fourth-order valence-corrected chi connectivity index (χ4v) is 2.60. The van der Waals surface area contributed by atoms with E-state index in [0.717, 1.165) is 0 Å². The van der Waals surface area contributed by atoms with Gasteiger partial charge in [0, 0.05) is 6.92 Å². The van der Waals surface area contributed by atoms with Gasteiger partial charge in [0.25, 0.3) is 0 Å². The molecule has 1 rings (SSSR count). The van der Waals surface area contributed by atoms with Crippen LogP contribution in [-0.2, 0) is 28.5 Å². The molecule has 0 saturated heterocycles. The molecule has 1 N–H and O–H groups in total. The predicted molar refractivity (Wildman–Crippen MR) is 78.6 cm³/mol. The number of hydrogen-bond donors (Lipinski definition) is 1. The van der Waals surface area contributed by atoms with Gasteiger partial charge in [0.2, 0.25) is 5.91 Å². The minimum absolute atomic E-state index is 0.264. The van der Waals surface area contributed by atoms with Gasteiger partial charge < -0.3 is 24.3 Å². The topological polar surface area (TPSA) is 83.1 Å². The molecule has 7 nitrogen and oxygen atoms in total. The van der Waals surface area contributed by atoms with E-state index in [9.17, 15) is 9.59 Å². The SMILES string of the molecule is CCOC1(OCC)OC(C)=C(C(=O)OC)[C@@H](NC(C)=O)[C@H]1C. The largest absolute Gasteiger partial charge is 0.466 e. The minimum atomic E-state index is -1.35. The Balaban J connectivity index is 3.34. The lowest BCUT2D eigenvalue weighted by atomic mass is 9.88. The molecule has 0 aromatic heterocycles. The van der Waals surface area contributed by atoms with Crippen LogP contribution in [0.2, 0.25) is 0 Å². The predicted octanol–water partition coefficient (Wildman–Crippen LogP) is 1.33. The van der Waals surface area contributed by atoms with Crippen molar-refractivity contribution < 1.29 is 28.5 Å². The second-order valence-corrected chi connectivity index (χ2v) is 5.00. The van der Waals surface area contributed by atoms with Crippen molar-refractivity contribution in [3.8, 4) is 0 Å². The van der Waals surface area contributed by atoms with E-state index >= 15 is 0 Å². The number of hydrogen-bond acceptors (Lipinski definition) is 6. The number of amides is 1. The molecule has 1 heterocycles. The molecule has 0 aliphatic carbocycles. The molecule has 1 amide bonds. The number of esters is 1. The molecule has 2 atom stereocenters. The van der Waals surface area contributed by atoms with E-state index in [1.54, 1.807) is 13.8 Å². The van der Waals surface area contributed by atoms with Crippen LogP contribution < -0.4 is 5.32 Å². The third-order valence-corrected chi connectivity index (χ3v) is 3.50. The maximum atomic E-state index is 12.0. The monoisotopic (exact) mass is 315 g/mol. The summed E-state index contributed by atoms with van der Waals surface area (Å²) in [6, 6.07) is -0.628. The maximum Gasteiger partial charge on any atom is 0.339 e. The van der Waals surface area contributed by atoms with E-state index in [-0.39, 0.29) is 11.5 Å². The number of carbonyl (C=O) groups is 2. The van der Waals surface area contributed by atoms with Crippen LogP contribution in [0.1, 0.15) is 34.6 Å². The van der Waals surface area contributed by atoms with Gasteiger partial charge in [-0.3, -0.25) is 4.79 Å². The van der Waals surface area contributed by atoms with Crippen molar-refractivity contribution in [3.05, 3.63) is 11.3 Å². The molecule has 7 heteroatoms. The number of allylic oxidation sites excluding steroid dienone is 1. The van der Waals surface area contributed by atoms with E-state index in [4.69, 9.17) is 18.9 Å². The van der Waals surface area contributed by atoms with Crippen molar-refractivity contribution in [2.45, 2.75) is 46.6 Å². The van der Waals surface area contributed by atoms with Crippen LogP contribution in [0.3, 0.4) is 0 Å². The van der Waals surface area contributed by atoms with Crippen molar-refractivity contribution in [1.29, 1.82) is 0 Å². The Morgan fingerprint density at radius 3 is 2.23 bits per heavy atom. The zero-order valence-electron chi connectivity index (χ0n) is 14.0. The van der Waals surface area contributed by atoms with Crippen LogP contribution in [0.25, 0.3) is 0 Å². The third kappa shape index (κ3) is 3.59. The molecule has 0 bridgehead atoms. The van der Waals surface area contributed by atoms with Crippen LogP contribution in [0, 0.1) is 5.92 Å². The smallest absolute Gasteiger partial charge is 0.339 e. The molecule has 126 valence electrons. The van der Waals surface area contributed by atoms with Gasteiger partial charge >= 0.3 is 11.9 Å². The summed E-state index contributed by atoms with van der Waals surface area (Å²) in [5.41, 5.74) is 0.264. The molecular formula is C15H25NO6. The van der Waals surface area contributed by atoms with Crippen molar-refractivity contribution >= 4 is 11.9 Å². The highest BCUT2D eigenvalue weighted by Crippen LogP contribution is 2.39. The summed E-state index contributed by atoms with van der Waals surface area (Å²) in [7, 11) is 1.28. The highest BCUT2D eigenvalue weighted by molar-refractivity contribution is 5.91. The van der Waals surface area contributed by atoms with Gasteiger partial charge in [0.1, 0.15) is 5.76 Å². The summed E-state index contributed by atoms with van der Waals surface area (Å²) in [6.07, 6.45) is 0. The summed E-state index contributed by atoms with van der Waals surface area (Å²) < 4.78 is 22.0. The first-order valence-electron chi connectivity index (χ1n) is 7.36. The van der Waals surface area contributed by atoms with Gasteiger partial charge in [0.05, 0.1) is 37.9 Å². The number of methoxy groups -OCH3 is 1. The molecule has 0 spiro atoms. The summed E-state index contributed by atoms with van der Waals surface area (Å²) in [5.74, 6) is -2.31. The van der Waals surface area contributed by atoms with Crippen LogP contribution in [0.5, 0.6) is 0 Å². The quantitative estimate of drug-likeness (QED) is 0.588. The lowest BCUT2D eigenvalue weighted by Crippen LogP contribution is -2.58. The van der Waals surface area contributed by atoms with Crippen molar-refractivity contribution in [3.63, 3.8) is 0 Å². The zero-order valence-corrected chi connectivity index (χ0v) is 14.0. The van der Waals surface area contributed by atoms with E-state index < -0.39 is 23.9 Å². The Morgan fingerprint density at radius 2 is 1.82 bits per heavy atom. The zero-order chi connectivity index (χ0) is 16.9. The van der Waals surface area contributed by atoms with E-state index in [1.165, 1.54) is 14.0 Å². The summed E-state index contributed by atoms with van der Waals surface area (Å²) >= 11 is 0. The second-order valence-electron chi connectivity index (χ2n) is 5.00. The molecule has 0 fully saturated rings. The molecule has 22 heavy (non-hydrogen) atoms. The molecule has 0 aromatic carbocycles. The van der Waals surface area contributed by atoms with Gasteiger partial charge in [-0.15, -0.1) is 0 Å². The van der Waals surface area contributed by atoms with Gasteiger partial charge in [-0.05, 0) is 20.8 Å². The Kier molecular flexibility index (Phi) is 6.37. The maximum absolute atomic E-state index is 12.0. The molecule has 0 unspecified atom stereocenters. The highest BCUT2D eigenvalue weighted by Gasteiger charge is 2.52. The number of ether oxygens (including phenoxy) is 4. The molecule has 0 saturated carbocycles. The lowest BCUT2D eigenvalue weighted by Gasteiger charge is -2.45. The Bertz CT molecular complexity index is 453. The van der Waals surface area contributed by atoms with Crippen LogP contribution in [0.4, 0.5) is 0 Å². The van der Waals surface area contributed by atoms with Crippen molar-refractivity contribution in [2.24, 2.45) is 5.92 Å². The fourth-order valence-electron chi connectivity index (χ4n) is 2.60. The Labute approximate surface area is 130 Å². The van der Waals surface area contributed by atoms with Crippen molar-refractivity contribution in [2.75, 3.05) is 20.3 Å². The summed E-state index contributed by atoms with van der Waals surface area (Å²) in [6.45, 7) is 9.16. The first-order valence-corrected chi connectivity index (χ1v) is 7.36. The second kappa shape index (κ2) is 7.60.